The Hall–Kier alpha value is -2.04. The standard InChI is InChI=1S/C9H6N4O/c1-5-8-6(10-2-3-11-8)4-7-9(5)13-14-12-7/h2-4H,1H3. The summed E-state index contributed by atoms with van der Waals surface area (Å²) in [5.74, 6) is 0. The average Bonchev–Trinajstić information content (AvgIpc) is 2.66. The normalized spacial score (nSPS) is 11.2. The second-order valence-electron chi connectivity index (χ2n) is 3.06. The van der Waals surface area contributed by atoms with Crippen LogP contribution in [0.5, 0.6) is 0 Å². The Morgan fingerprint density at radius 3 is 2.79 bits per heavy atom. The van der Waals surface area contributed by atoms with Crippen molar-refractivity contribution in [2.75, 3.05) is 0 Å². The minimum Gasteiger partial charge on any atom is -0.253 e. The monoisotopic (exact) mass is 186 g/mol. The number of hydrogen-bond acceptors (Lipinski definition) is 5. The first-order valence-corrected chi connectivity index (χ1v) is 4.19. The molecule has 0 amide bonds. The van der Waals surface area contributed by atoms with Crippen molar-refractivity contribution in [1.82, 2.24) is 20.3 Å². The van der Waals surface area contributed by atoms with Crippen LogP contribution in [0.1, 0.15) is 5.56 Å². The fourth-order valence-electron chi connectivity index (χ4n) is 1.54. The molecule has 5 nitrogen and oxygen atoms in total. The topological polar surface area (TPSA) is 64.7 Å². The first-order chi connectivity index (χ1) is 6.86. The Morgan fingerprint density at radius 2 is 1.86 bits per heavy atom. The van der Waals surface area contributed by atoms with Gasteiger partial charge in [-0.1, -0.05) is 0 Å². The summed E-state index contributed by atoms with van der Waals surface area (Å²) in [6.45, 7) is 1.93. The summed E-state index contributed by atoms with van der Waals surface area (Å²) in [5.41, 5.74) is 4.07. The maximum atomic E-state index is 4.66. The number of aromatic nitrogens is 4. The third kappa shape index (κ3) is 0.834. The molecule has 0 aliphatic carbocycles. The predicted octanol–water partition coefficient (Wildman–Crippen LogP) is 1.47. The summed E-state index contributed by atoms with van der Waals surface area (Å²) in [4.78, 5) is 8.44. The molecular weight excluding hydrogens is 180 g/mol. The van der Waals surface area contributed by atoms with Crippen molar-refractivity contribution in [1.29, 1.82) is 0 Å². The summed E-state index contributed by atoms with van der Waals surface area (Å²) >= 11 is 0. The fraction of sp³-hybridized carbons (Fsp3) is 0.111. The van der Waals surface area contributed by atoms with E-state index in [0.29, 0.717) is 0 Å². The number of benzene rings is 1. The summed E-state index contributed by atoms with van der Waals surface area (Å²) < 4.78 is 4.66. The second-order valence-corrected chi connectivity index (χ2v) is 3.06. The molecule has 0 atom stereocenters. The summed E-state index contributed by atoms with van der Waals surface area (Å²) in [5, 5.41) is 7.59. The van der Waals surface area contributed by atoms with Gasteiger partial charge in [0.2, 0.25) is 0 Å². The third-order valence-corrected chi connectivity index (χ3v) is 2.22. The highest BCUT2D eigenvalue weighted by Gasteiger charge is 2.09. The van der Waals surface area contributed by atoms with Crippen molar-refractivity contribution in [3.8, 4) is 0 Å². The van der Waals surface area contributed by atoms with Crippen LogP contribution in [-0.4, -0.2) is 20.3 Å². The van der Waals surface area contributed by atoms with Gasteiger partial charge < -0.3 is 0 Å². The number of fused-ring (bicyclic) bond motifs is 2. The maximum Gasteiger partial charge on any atom is 0.140 e. The molecule has 2 heterocycles. The average molecular weight is 186 g/mol. The molecule has 0 fully saturated rings. The van der Waals surface area contributed by atoms with Gasteiger partial charge in [-0.05, 0) is 23.3 Å². The first kappa shape index (κ1) is 7.37. The molecule has 3 aromatic rings. The smallest absolute Gasteiger partial charge is 0.140 e. The molecule has 0 saturated heterocycles. The summed E-state index contributed by atoms with van der Waals surface area (Å²) in [6, 6.07) is 1.82. The van der Waals surface area contributed by atoms with E-state index < -0.39 is 0 Å². The highest BCUT2D eigenvalue weighted by molar-refractivity contribution is 5.94. The molecule has 0 bridgehead atoms. The van der Waals surface area contributed by atoms with Crippen LogP contribution in [0.3, 0.4) is 0 Å². The van der Waals surface area contributed by atoms with Crippen LogP contribution < -0.4 is 0 Å². The minimum atomic E-state index is 0.718. The first-order valence-electron chi connectivity index (χ1n) is 4.19. The Balaban J connectivity index is 2.63. The lowest BCUT2D eigenvalue weighted by Crippen LogP contribution is -1.87. The molecule has 3 rings (SSSR count). The molecule has 5 heteroatoms. The largest absolute Gasteiger partial charge is 0.253 e. The fourth-order valence-corrected chi connectivity index (χ4v) is 1.54. The minimum absolute atomic E-state index is 0.718. The molecule has 0 radical (unpaired) electrons. The highest BCUT2D eigenvalue weighted by Crippen LogP contribution is 2.21. The molecule has 68 valence electrons. The molecule has 0 unspecified atom stereocenters. The molecule has 0 aliphatic heterocycles. The Morgan fingerprint density at radius 1 is 1.00 bits per heavy atom. The SMILES string of the molecule is Cc1c2nccnc2cc2nonc12. The Kier molecular flexibility index (Phi) is 1.30. The maximum absolute atomic E-state index is 4.66. The van der Waals surface area contributed by atoms with Gasteiger partial charge in [-0.2, -0.15) is 0 Å². The van der Waals surface area contributed by atoms with Crippen LogP contribution in [-0.2, 0) is 0 Å². The van der Waals surface area contributed by atoms with Gasteiger partial charge in [-0.25, -0.2) is 4.63 Å². The van der Waals surface area contributed by atoms with Crippen molar-refractivity contribution in [3.05, 3.63) is 24.0 Å². The predicted molar refractivity (Wildman–Crippen MR) is 49.6 cm³/mol. The van der Waals surface area contributed by atoms with Gasteiger partial charge in [0.05, 0.1) is 11.0 Å². The zero-order chi connectivity index (χ0) is 9.54. The van der Waals surface area contributed by atoms with E-state index >= 15 is 0 Å². The van der Waals surface area contributed by atoms with E-state index in [4.69, 9.17) is 0 Å². The molecule has 0 N–H and O–H groups in total. The number of aryl methyl sites for hydroxylation is 1. The van der Waals surface area contributed by atoms with Gasteiger partial charge in [0.15, 0.2) is 0 Å². The quantitative estimate of drug-likeness (QED) is 0.532. The Labute approximate surface area is 78.7 Å². The molecular formula is C9H6N4O. The Bertz CT molecular complexity index is 616. The molecule has 14 heavy (non-hydrogen) atoms. The van der Waals surface area contributed by atoms with Crippen LogP contribution in [0.2, 0.25) is 0 Å². The van der Waals surface area contributed by atoms with Gasteiger partial charge in [-0.15, -0.1) is 0 Å². The van der Waals surface area contributed by atoms with E-state index in [-0.39, 0.29) is 0 Å². The van der Waals surface area contributed by atoms with Gasteiger partial charge >= 0.3 is 0 Å². The van der Waals surface area contributed by atoms with Crippen molar-refractivity contribution in [2.24, 2.45) is 0 Å². The van der Waals surface area contributed by atoms with Crippen molar-refractivity contribution >= 4 is 22.1 Å². The van der Waals surface area contributed by atoms with E-state index in [1.54, 1.807) is 12.4 Å². The lowest BCUT2D eigenvalue weighted by atomic mass is 10.1. The van der Waals surface area contributed by atoms with Gasteiger partial charge in [0.25, 0.3) is 0 Å². The molecule has 1 aromatic carbocycles. The molecule has 0 saturated carbocycles. The van der Waals surface area contributed by atoms with Crippen molar-refractivity contribution < 1.29 is 4.63 Å². The van der Waals surface area contributed by atoms with Crippen LogP contribution in [0.15, 0.2) is 23.1 Å². The molecule has 0 spiro atoms. The van der Waals surface area contributed by atoms with Gasteiger partial charge in [-0.3, -0.25) is 9.97 Å². The zero-order valence-corrected chi connectivity index (χ0v) is 7.43. The van der Waals surface area contributed by atoms with E-state index in [2.05, 4.69) is 24.9 Å². The molecule has 2 aromatic heterocycles. The number of nitrogens with zero attached hydrogens (tertiary/aromatic N) is 4. The van der Waals surface area contributed by atoms with Crippen LogP contribution >= 0.6 is 0 Å². The highest BCUT2D eigenvalue weighted by atomic mass is 16.6. The van der Waals surface area contributed by atoms with E-state index in [1.807, 2.05) is 13.0 Å². The van der Waals surface area contributed by atoms with Crippen molar-refractivity contribution in [3.63, 3.8) is 0 Å². The summed E-state index contributed by atoms with van der Waals surface area (Å²) in [7, 11) is 0. The number of hydrogen-bond donors (Lipinski definition) is 0. The zero-order valence-electron chi connectivity index (χ0n) is 7.43. The van der Waals surface area contributed by atoms with E-state index in [1.165, 1.54) is 0 Å². The van der Waals surface area contributed by atoms with Gasteiger partial charge in [0, 0.05) is 18.0 Å². The number of rotatable bonds is 0. The van der Waals surface area contributed by atoms with Crippen LogP contribution in [0, 0.1) is 6.92 Å². The summed E-state index contributed by atoms with van der Waals surface area (Å²) in [6.07, 6.45) is 3.32. The van der Waals surface area contributed by atoms with Crippen molar-refractivity contribution in [2.45, 2.75) is 6.92 Å². The van der Waals surface area contributed by atoms with Crippen LogP contribution in [0.4, 0.5) is 0 Å². The second kappa shape index (κ2) is 2.47. The van der Waals surface area contributed by atoms with E-state index in [0.717, 1.165) is 27.6 Å². The van der Waals surface area contributed by atoms with E-state index in [9.17, 15) is 0 Å². The van der Waals surface area contributed by atoms with Gasteiger partial charge in [0.1, 0.15) is 11.0 Å². The lowest BCUT2D eigenvalue weighted by molar-refractivity contribution is 0.315. The lowest BCUT2D eigenvalue weighted by Gasteiger charge is -1.98. The molecule has 0 aliphatic rings. The third-order valence-electron chi connectivity index (χ3n) is 2.22. The van der Waals surface area contributed by atoms with Crippen LogP contribution in [0.25, 0.3) is 22.1 Å².